The van der Waals surface area contributed by atoms with Crippen LogP contribution in [0.15, 0.2) is 77.7 Å². The molecular formula is C30H22Cl2F3N5O3. The van der Waals surface area contributed by atoms with Gasteiger partial charge in [-0.1, -0.05) is 41.4 Å². The van der Waals surface area contributed by atoms with Crippen molar-refractivity contribution in [2.75, 3.05) is 10.6 Å². The summed E-state index contributed by atoms with van der Waals surface area (Å²) in [5.74, 6) is -0.617. The minimum Gasteiger partial charge on any atom is -0.389 e. The zero-order valence-electron chi connectivity index (χ0n) is 22.5. The van der Waals surface area contributed by atoms with Crippen molar-refractivity contribution in [3.05, 3.63) is 110 Å². The van der Waals surface area contributed by atoms with E-state index in [9.17, 15) is 27.9 Å². The molecule has 0 saturated heterocycles. The second-order valence-electron chi connectivity index (χ2n) is 9.64. The van der Waals surface area contributed by atoms with Gasteiger partial charge in [-0.3, -0.25) is 14.2 Å². The second-order valence-corrected chi connectivity index (χ2v) is 10.4. The number of aromatic nitrogens is 3. The van der Waals surface area contributed by atoms with Crippen molar-refractivity contribution in [3.63, 3.8) is 0 Å². The van der Waals surface area contributed by atoms with Crippen LogP contribution in [-0.2, 0) is 13.2 Å². The van der Waals surface area contributed by atoms with Crippen molar-refractivity contribution in [2.24, 2.45) is 7.05 Å². The van der Waals surface area contributed by atoms with Gasteiger partial charge in [0.05, 0.1) is 33.0 Å². The fourth-order valence-electron chi connectivity index (χ4n) is 4.42. The first-order chi connectivity index (χ1) is 20.3. The highest BCUT2D eigenvalue weighted by Gasteiger charge is 2.31. The molecule has 0 radical (unpaired) electrons. The quantitative estimate of drug-likeness (QED) is 0.181. The van der Waals surface area contributed by atoms with Gasteiger partial charge in [0, 0.05) is 35.4 Å². The molecule has 5 aromatic rings. The second kappa shape index (κ2) is 11.7. The number of rotatable bonds is 6. The number of aryl methyl sites for hydroxylation is 1. The summed E-state index contributed by atoms with van der Waals surface area (Å²) < 4.78 is 40.7. The average molecular weight is 628 g/mol. The number of fused-ring (bicyclic) bond motifs is 1. The Morgan fingerprint density at radius 3 is 2.51 bits per heavy atom. The average Bonchev–Trinajstić information content (AvgIpc) is 2.97. The third-order valence-electron chi connectivity index (χ3n) is 6.63. The minimum atomic E-state index is -4.62. The van der Waals surface area contributed by atoms with Crippen LogP contribution in [-0.4, -0.2) is 25.5 Å². The lowest BCUT2D eigenvalue weighted by atomic mass is 10.0. The fraction of sp³-hybridized carbons (Fsp3) is 0.133. The summed E-state index contributed by atoms with van der Waals surface area (Å²) in [5.41, 5.74) is 0.184. The number of carbonyl (C=O) groups excluding carboxylic acids is 1. The molecule has 43 heavy (non-hydrogen) atoms. The molecule has 3 aromatic carbocycles. The van der Waals surface area contributed by atoms with E-state index in [1.165, 1.54) is 42.1 Å². The number of aliphatic hydroxyl groups excluding tert-OH is 1. The predicted octanol–water partition coefficient (Wildman–Crippen LogP) is 7.37. The maximum absolute atomic E-state index is 13.5. The van der Waals surface area contributed by atoms with E-state index in [0.29, 0.717) is 22.3 Å². The third kappa shape index (κ3) is 6.19. The van der Waals surface area contributed by atoms with Crippen molar-refractivity contribution in [1.29, 1.82) is 0 Å². The van der Waals surface area contributed by atoms with Crippen LogP contribution in [0.5, 0.6) is 0 Å². The normalized spacial score (nSPS) is 12.3. The van der Waals surface area contributed by atoms with Gasteiger partial charge in [0.2, 0.25) is 5.95 Å². The largest absolute Gasteiger partial charge is 0.416 e. The number of alkyl halides is 3. The molecule has 8 nitrogen and oxygen atoms in total. The Hall–Kier alpha value is -4.45. The smallest absolute Gasteiger partial charge is 0.389 e. The van der Waals surface area contributed by atoms with Crippen molar-refractivity contribution in [2.45, 2.75) is 19.2 Å². The zero-order chi connectivity index (χ0) is 31.1. The molecule has 13 heteroatoms. The number of pyridine rings is 1. The Balaban J connectivity index is 1.50. The van der Waals surface area contributed by atoms with Gasteiger partial charge < -0.3 is 15.7 Å². The van der Waals surface area contributed by atoms with Crippen molar-refractivity contribution < 1.29 is 23.1 Å². The molecule has 0 bridgehead atoms. The highest BCUT2D eigenvalue weighted by molar-refractivity contribution is 6.41. The van der Waals surface area contributed by atoms with E-state index in [1.54, 1.807) is 31.2 Å². The van der Waals surface area contributed by atoms with Crippen LogP contribution < -0.4 is 16.2 Å². The molecule has 2 heterocycles. The summed E-state index contributed by atoms with van der Waals surface area (Å²) >= 11 is 13.1. The summed E-state index contributed by atoms with van der Waals surface area (Å²) in [5, 5.41) is 15.9. The zero-order valence-corrected chi connectivity index (χ0v) is 24.0. The first-order valence-electron chi connectivity index (χ1n) is 12.7. The van der Waals surface area contributed by atoms with Gasteiger partial charge in [-0.05, 0) is 61.0 Å². The molecule has 0 saturated carbocycles. The molecule has 1 atom stereocenters. The lowest BCUT2D eigenvalue weighted by molar-refractivity contribution is -0.137. The maximum atomic E-state index is 13.5. The van der Waals surface area contributed by atoms with E-state index in [0.717, 1.165) is 18.2 Å². The molecule has 0 aliphatic carbocycles. The predicted molar refractivity (Wildman–Crippen MR) is 160 cm³/mol. The third-order valence-corrected chi connectivity index (χ3v) is 7.34. The summed E-state index contributed by atoms with van der Waals surface area (Å²) in [6.07, 6.45) is -3.78. The molecule has 1 amide bonds. The maximum Gasteiger partial charge on any atom is 0.416 e. The lowest BCUT2D eigenvalue weighted by Crippen LogP contribution is -2.20. The van der Waals surface area contributed by atoms with Crippen LogP contribution in [0.1, 0.15) is 34.5 Å². The topological polar surface area (TPSA) is 109 Å². The van der Waals surface area contributed by atoms with Crippen LogP contribution in [0.2, 0.25) is 10.0 Å². The number of hydrogen-bond acceptors (Lipinski definition) is 6. The van der Waals surface area contributed by atoms with Crippen LogP contribution in [0.3, 0.4) is 0 Å². The molecule has 3 N–H and O–H groups in total. The molecule has 1 unspecified atom stereocenters. The number of amides is 1. The first kappa shape index (κ1) is 30.0. The Labute approximate surface area is 252 Å². The Kier molecular flexibility index (Phi) is 8.15. The minimum absolute atomic E-state index is 0.0425. The van der Waals surface area contributed by atoms with Gasteiger partial charge in [0.1, 0.15) is 5.65 Å². The van der Waals surface area contributed by atoms with E-state index >= 15 is 0 Å². The van der Waals surface area contributed by atoms with Crippen molar-refractivity contribution in [1.82, 2.24) is 14.5 Å². The molecular weight excluding hydrogens is 606 g/mol. The number of anilines is 3. The summed E-state index contributed by atoms with van der Waals surface area (Å²) in [6.45, 7) is 1.65. The standard InChI is InChI=1S/C30H22Cl2F3N5O3/c1-15(41)16-5-4-8-20(12-16)37-29-36-14-18-13-21(28(43)40(2)26(18)39-29)24-22(31)9-10-23(25(24)32)38-27(42)17-6-3-7-19(11-17)30(33,34)35/h3-15,41H,1-2H3,(H,38,42)(H,36,37,39). The van der Waals surface area contributed by atoms with Gasteiger partial charge in [-0.2, -0.15) is 18.2 Å². The molecule has 0 aliphatic rings. The molecule has 0 spiro atoms. The molecule has 0 fully saturated rings. The number of carbonyl (C=O) groups is 1. The van der Waals surface area contributed by atoms with Gasteiger partial charge in [0.25, 0.3) is 11.5 Å². The SMILES string of the molecule is CC(O)c1cccc(Nc2ncc3cc(-c4c(Cl)ccc(NC(=O)c5cccc(C(F)(F)F)c5)c4Cl)c(=O)n(C)c3n2)c1. The van der Waals surface area contributed by atoms with Gasteiger partial charge >= 0.3 is 6.18 Å². The van der Waals surface area contributed by atoms with Gasteiger partial charge in [-0.25, -0.2) is 4.98 Å². The van der Waals surface area contributed by atoms with Crippen molar-refractivity contribution in [3.8, 4) is 11.1 Å². The lowest BCUT2D eigenvalue weighted by Gasteiger charge is -2.15. The molecule has 5 rings (SSSR count). The van der Waals surface area contributed by atoms with E-state index in [2.05, 4.69) is 20.6 Å². The van der Waals surface area contributed by atoms with E-state index in [4.69, 9.17) is 23.2 Å². The Bertz CT molecular complexity index is 1940. The number of benzene rings is 3. The van der Waals surface area contributed by atoms with E-state index < -0.39 is 29.3 Å². The molecule has 220 valence electrons. The number of halogens is 5. The van der Waals surface area contributed by atoms with E-state index in [-0.39, 0.29) is 38.4 Å². The van der Waals surface area contributed by atoms with E-state index in [1.807, 2.05) is 0 Å². The van der Waals surface area contributed by atoms with Crippen LogP contribution in [0.25, 0.3) is 22.2 Å². The monoisotopic (exact) mass is 627 g/mol. The number of nitrogens with zero attached hydrogens (tertiary/aromatic N) is 3. The van der Waals surface area contributed by atoms with Gasteiger partial charge in [-0.15, -0.1) is 0 Å². The highest BCUT2D eigenvalue weighted by Crippen LogP contribution is 2.39. The Morgan fingerprint density at radius 2 is 1.79 bits per heavy atom. The molecule has 0 aliphatic heterocycles. The first-order valence-corrected chi connectivity index (χ1v) is 13.5. The van der Waals surface area contributed by atoms with Crippen LogP contribution in [0, 0.1) is 0 Å². The van der Waals surface area contributed by atoms with Crippen LogP contribution >= 0.6 is 23.2 Å². The summed E-state index contributed by atoms with van der Waals surface area (Å²) in [4.78, 5) is 35.1. The Morgan fingerprint density at radius 1 is 1.05 bits per heavy atom. The number of hydrogen-bond donors (Lipinski definition) is 3. The number of nitrogens with one attached hydrogen (secondary N) is 2. The summed E-state index contributed by atoms with van der Waals surface area (Å²) in [7, 11) is 1.51. The van der Waals surface area contributed by atoms with Crippen molar-refractivity contribution >= 4 is 57.5 Å². The van der Waals surface area contributed by atoms with Gasteiger partial charge in [0.15, 0.2) is 0 Å². The summed E-state index contributed by atoms with van der Waals surface area (Å²) in [6, 6.07) is 15.4. The highest BCUT2D eigenvalue weighted by atomic mass is 35.5. The molecule has 2 aromatic heterocycles. The fourth-order valence-corrected chi connectivity index (χ4v) is 5.04. The number of aliphatic hydroxyl groups is 1. The van der Waals surface area contributed by atoms with Crippen LogP contribution in [0.4, 0.5) is 30.5 Å².